The van der Waals surface area contributed by atoms with Crippen LogP contribution in [-0.2, 0) is 11.3 Å². The zero-order chi connectivity index (χ0) is 13.2. The molecular weight excluding hydrogens is 242 g/mol. The molecule has 0 saturated carbocycles. The molecule has 0 N–H and O–H groups in total. The average Bonchev–Trinajstić information content (AvgIpc) is 2.81. The monoisotopic (exact) mass is 258 g/mol. The van der Waals surface area contributed by atoms with Gasteiger partial charge in [-0.3, -0.25) is 9.48 Å². The molecule has 0 radical (unpaired) electrons. The van der Waals surface area contributed by atoms with Crippen molar-refractivity contribution in [3.8, 4) is 0 Å². The van der Waals surface area contributed by atoms with E-state index in [0.29, 0.717) is 6.54 Å². The van der Waals surface area contributed by atoms with Gasteiger partial charge in [-0.1, -0.05) is 6.92 Å². The first-order chi connectivity index (χ1) is 8.48. The Balaban J connectivity index is 1.87. The van der Waals surface area contributed by atoms with E-state index in [1.165, 1.54) is 17.6 Å². The summed E-state index contributed by atoms with van der Waals surface area (Å²) in [5.41, 5.74) is 0. The van der Waals surface area contributed by atoms with Gasteiger partial charge >= 0.3 is 0 Å². The molecule has 1 fully saturated rings. The molecule has 1 aromatic rings. The van der Waals surface area contributed by atoms with Crippen LogP contribution in [0, 0.1) is 5.92 Å². The number of aromatic nitrogens is 3. The maximum Gasteiger partial charge on any atom is 0.251 e. The van der Waals surface area contributed by atoms with Crippen molar-refractivity contribution in [1.29, 1.82) is 0 Å². The Bertz CT molecular complexity index is 397. The summed E-state index contributed by atoms with van der Waals surface area (Å²) in [6.07, 6.45) is 2.45. The summed E-state index contributed by atoms with van der Waals surface area (Å²) in [5, 5.41) is 3.92. The summed E-state index contributed by atoms with van der Waals surface area (Å²) < 4.78 is 27.5. The Hall–Kier alpha value is -1.53. The van der Waals surface area contributed by atoms with E-state index in [2.05, 4.69) is 10.1 Å². The van der Waals surface area contributed by atoms with Crippen molar-refractivity contribution < 1.29 is 13.6 Å². The molecule has 1 amide bonds. The summed E-state index contributed by atoms with van der Waals surface area (Å²) in [4.78, 5) is 17.4. The van der Waals surface area contributed by atoms with Gasteiger partial charge in [-0.05, 0) is 0 Å². The maximum absolute atomic E-state index is 13.0. The third-order valence-corrected chi connectivity index (χ3v) is 3.16. The van der Waals surface area contributed by atoms with Gasteiger partial charge in [0.25, 0.3) is 5.92 Å². The Labute approximate surface area is 104 Å². The highest BCUT2D eigenvalue weighted by atomic mass is 19.3. The Morgan fingerprint density at radius 1 is 1.44 bits per heavy atom. The number of halogens is 2. The first kappa shape index (κ1) is 12.9. The molecule has 1 atom stereocenters. The summed E-state index contributed by atoms with van der Waals surface area (Å²) in [6.45, 7) is 2.46. The Morgan fingerprint density at radius 2 is 2.11 bits per heavy atom. The highest BCUT2D eigenvalue weighted by molar-refractivity contribution is 5.78. The van der Waals surface area contributed by atoms with Crippen molar-refractivity contribution in [2.24, 2.45) is 5.92 Å². The van der Waals surface area contributed by atoms with Gasteiger partial charge < -0.3 is 4.90 Å². The summed E-state index contributed by atoms with van der Waals surface area (Å²) in [5.74, 6) is -2.99. The second-order valence-electron chi connectivity index (χ2n) is 4.70. The van der Waals surface area contributed by atoms with E-state index in [4.69, 9.17) is 0 Å². The van der Waals surface area contributed by atoms with Crippen molar-refractivity contribution in [3.63, 3.8) is 0 Å². The number of rotatable bonds is 3. The van der Waals surface area contributed by atoms with Gasteiger partial charge in [0.05, 0.1) is 12.5 Å². The molecule has 1 aromatic heterocycles. The second-order valence-corrected chi connectivity index (χ2v) is 4.70. The average molecular weight is 258 g/mol. The molecule has 7 heteroatoms. The number of nitrogens with zero attached hydrogens (tertiary/aromatic N) is 4. The fourth-order valence-electron chi connectivity index (χ4n) is 2.05. The van der Waals surface area contributed by atoms with E-state index < -0.39 is 5.92 Å². The van der Waals surface area contributed by atoms with E-state index in [0.717, 1.165) is 0 Å². The smallest absolute Gasteiger partial charge is 0.251 e. The molecule has 18 heavy (non-hydrogen) atoms. The number of likely N-dealkylation sites (tertiary alicyclic amines) is 1. The van der Waals surface area contributed by atoms with E-state index in [9.17, 15) is 13.6 Å². The summed E-state index contributed by atoms with van der Waals surface area (Å²) in [6, 6.07) is 0. The van der Waals surface area contributed by atoms with Crippen LogP contribution < -0.4 is 0 Å². The van der Waals surface area contributed by atoms with Crippen molar-refractivity contribution in [1.82, 2.24) is 19.7 Å². The lowest BCUT2D eigenvalue weighted by Crippen LogP contribution is -2.45. The Morgan fingerprint density at radius 3 is 2.67 bits per heavy atom. The highest BCUT2D eigenvalue weighted by Gasteiger charge is 2.36. The molecule has 1 saturated heterocycles. The quantitative estimate of drug-likeness (QED) is 0.817. The summed E-state index contributed by atoms with van der Waals surface area (Å²) >= 11 is 0. The number of alkyl halides is 2. The predicted octanol–water partition coefficient (Wildman–Crippen LogP) is 1.17. The molecule has 1 unspecified atom stereocenters. The number of piperidine rings is 1. The lowest BCUT2D eigenvalue weighted by atomic mass is 10.0. The predicted molar refractivity (Wildman–Crippen MR) is 59.9 cm³/mol. The van der Waals surface area contributed by atoms with E-state index in [1.54, 1.807) is 11.6 Å². The third-order valence-electron chi connectivity index (χ3n) is 3.16. The van der Waals surface area contributed by atoms with Crippen molar-refractivity contribution in [3.05, 3.63) is 12.7 Å². The zero-order valence-corrected chi connectivity index (χ0v) is 10.2. The maximum atomic E-state index is 13.0. The number of hydrogen-bond donors (Lipinski definition) is 0. The molecule has 5 nitrogen and oxygen atoms in total. The highest BCUT2D eigenvalue weighted by Crippen LogP contribution is 2.28. The topological polar surface area (TPSA) is 51.0 Å². The van der Waals surface area contributed by atoms with Gasteiger partial charge in [0.2, 0.25) is 5.91 Å². The largest absolute Gasteiger partial charge is 0.342 e. The van der Waals surface area contributed by atoms with Crippen molar-refractivity contribution >= 4 is 5.91 Å². The molecule has 0 spiro atoms. The molecule has 1 aliphatic rings. The molecular formula is C11H16F2N4O. The van der Waals surface area contributed by atoms with Crippen LogP contribution in [0.3, 0.4) is 0 Å². The molecule has 2 rings (SSSR count). The van der Waals surface area contributed by atoms with Crippen LogP contribution >= 0.6 is 0 Å². The summed E-state index contributed by atoms with van der Waals surface area (Å²) in [7, 11) is 0. The second kappa shape index (κ2) is 4.99. The van der Waals surface area contributed by atoms with E-state index in [-0.39, 0.29) is 37.8 Å². The van der Waals surface area contributed by atoms with Gasteiger partial charge in [0.1, 0.15) is 12.7 Å². The number of hydrogen-bond acceptors (Lipinski definition) is 3. The molecule has 1 aliphatic heterocycles. The molecule has 0 aliphatic carbocycles. The number of amides is 1. The van der Waals surface area contributed by atoms with Crippen molar-refractivity contribution in [2.75, 3.05) is 13.1 Å². The zero-order valence-electron chi connectivity index (χ0n) is 10.2. The standard InChI is InChI=1S/C11H16F2N4O/c1-9(6-17-8-14-7-15-17)10(18)16-4-2-11(12,13)3-5-16/h7-9H,2-6H2,1H3. The fourth-order valence-corrected chi connectivity index (χ4v) is 2.05. The van der Waals surface area contributed by atoms with Crippen LogP contribution in [0.1, 0.15) is 19.8 Å². The minimum absolute atomic E-state index is 0.0963. The van der Waals surface area contributed by atoms with Crippen LogP contribution in [-0.4, -0.2) is 44.6 Å². The van der Waals surface area contributed by atoms with E-state index in [1.807, 2.05) is 0 Å². The first-order valence-corrected chi connectivity index (χ1v) is 5.97. The third kappa shape index (κ3) is 3.02. The first-order valence-electron chi connectivity index (χ1n) is 5.97. The van der Waals surface area contributed by atoms with Gasteiger partial charge in [-0.2, -0.15) is 5.10 Å². The fraction of sp³-hybridized carbons (Fsp3) is 0.727. The van der Waals surface area contributed by atoms with Gasteiger partial charge in [-0.25, -0.2) is 13.8 Å². The number of carbonyl (C=O) groups excluding carboxylic acids is 1. The normalized spacial score (nSPS) is 20.7. The van der Waals surface area contributed by atoms with Gasteiger partial charge in [0, 0.05) is 25.9 Å². The molecule has 2 heterocycles. The van der Waals surface area contributed by atoms with Crippen LogP contribution in [0.15, 0.2) is 12.7 Å². The number of carbonyl (C=O) groups is 1. The Kier molecular flexibility index (Phi) is 3.58. The van der Waals surface area contributed by atoms with E-state index >= 15 is 0 Å². The van der Waals surface area contributed by atoms with Crippen LogP contribution in [0.4, 0.5) is 8.78 Å². The molecule has 100 valence electrons. The van der Waals surface area contributed by atoms with Gasteiger partial charge in [-0.15, -0.1) is 0 Å². The van der Waals surface area contributed by atoms with Crippen molar-refractivity contribution in [2.45, 2.75) is 32.2 Å². The minimum atomic E-state index is -2.62. The molecule has 0 bridgehead atoms. The lowest BCUT2D eigenvalue weighted by Gasteiger charge is -2.33. The van der Waals surface area contributed by atoms with Crippen LogP contribution in [0.2, 0.25) is 0 Å². The van der Waals surface area contributed by atoms with Gasteiger partial charge in [0.15, 0.2) is 0 Å². The lowest BCUT2D eigenvalue weighted by molar-refractivity contribution is -0.141. The van der Waals surface area contributed by atoms with Crippen LogP contribution in [0.25, 0.3) is 0 Å². The SMILES string of the molecule is CC(Cn1cncn1)C(=O)N1CCC(F)(F)CC1. The minimum Gasteiger partial charge on any atom is -0.342 e. The molecule has 0 aromatic carbocycles. The van der Waals surface area contributed by atoms with Crippen LogP contribution in [0.5, 0.6) is 0 Å².